The minimum absolute atomic E-state index is 0.601. The summed E-state index contributed by atoms with van der Waals surface area (Å²) in [6.45, 7) is 0. The van der Waals surface area contributed by atoms with Gasteiger partial charge in [0.15, 0.2) is 5.82 Å². The van der Waals surface area contributed by atoms with Crippen LogP contribution in [0.5, 0.6) is 0 Å². The van der Waals surface area contributed by atoms with Gasteiger partial charge in [-0.15, -0.1) is 0 Å². The van der Waals surface area contributed by atoms with E-state index in [0.29, 0.717) is 17.0 Å². The number of benzene rings is 10. The van der Waals surface area contributed by atoms with E-state index >= 15 is 0 Å². The molecule has 3 heterocycles. The Balaban J connectivity index is 1.15. The van der Waals surface area contributed by atoms with Gasteiger partial charge in [-0.3, -0.25) is 0 Å². The Morgan fingerprint density at radius 3 is 1.28 bits per heavy atom. The molecule has 10 aromatic carbocycles. The van der Waals surface area contributed by atoms with Crippen LogP contribution in [0, 0.1) is 22.7 Å². The predicted molar refractivity (Wildman–Crippen MR) is 293 cm³/mol. The van der Waals surface area contributed by atoms with Crippen molar-refractivity contribution in [3.63, 3.8) is 0 Å². The lowest BCUT2D eigenvalue weighted by atomic mass is 9.94. The van der Waals surface area contributed by atoms with Gasteiger partial charge in [0.05, 0.1) is 68.1 Å². The molecule has 13 aromatic rings. The molecule has 0 radical (unpaired) electrons. The second-order valence-corrected chi connectivity index (χ2v) is 18.0. The van der Waals surface area contributed by atoms with Crippen molar-refractivity contribution in [2.75, 3.05) is 0 Å². The first-order valence-electron chi connectivity index (χ1n) is 23.9. The second-order valence-electron chi connectivity index (χ2n) is 18.0. The number of hydrogen-bond donors (Lipinski definition) is 0. The molecular weight excluding hydrogens is 877 g/mol. The van der Waals surface area contributed by atoms with E-state index in [4.69, 9.17) is 9.97 Å². The van der Waals surface area contributed by atoms with Crippen molar-refractivity contribution in [2.45, 2.75) is 0 Å². The van der Waals surface area contributed by atoms with Crippen LogP contribution in [0.1, 0.15) is 11.1 Å². The summed E-state index contributed by atoms with van der Waals surface area (Å²) in [5.74, 6) is 0.601. The fourth-order valence-corrected chi connectivity index (χ4v) is 10.5. The van der Waals surface area contributed by atoms with Crippen molar-refractivity contribution in [2.24, 2.45) is 0 Å². The standard InChI is InChI=1S/C66H40N6/c67-41-43-16-13-22-47(36-43)49-32-34-62-55(38-49)56-39-50(48-23-14-17-44(37-48)42-68)33-35-63(56)72(62)64-31-15-27-54(66-69-57(45-18-3-1-4-19-45)40-58(70-66)46-20-5-2-6-21-46)65(64)53-26-9-12-30-61(53)71-59-28-10-7-24-51(59)52-25-8-11-29-60(52)71/h1-40H. The molecule has 3 aromatic heterocycles. The number of nitriles is 2. The maximum absolute atomic E-state index is 9.90. The third-order valence-electron chi connectivity index (χ3n) is 13.8. The van der Waals surface area contributed by atoms with Gasteiger partial charge in [-0.05, 0) is 101 Å². The Labute approximate surface area is 415 Å². The summed E-state index contributed by atoms with van der Waals surface area (Å²) < 4.78 is 4.78. The number of aromatic nitrogens is 4. The molecule has 0 spiro atoms. The first-order chi connectivity index (χ1) is 35.6. The molecule has 0 saturated heterocycles. The van der Waals surface area contributed by atoms with Gasteiger partial charge in [0.25, 0.3) is 0 Å². The highest BCUT2D eigenvalue weighted by Gasteiger charge is 2.25. The van der Waals surface area contributed by atoms with Gasteiger partial charge < -0.3 is 9.13 Å². The Morgan fingerprint density at radius 2 is 0.722 bits per heavy atom. The van der Waals surface area contributed by atoms with Crippen LogP contribution in [0.2, 0.25) is 0 Å². The molecule has 0 amide bonds. The Morgan fingerprint density at radius 1 is 0.306 bits per heavy atom. The van der Waals surface area contributed by atoms with E-state index in [-0.39, 0.29) is 0 Å². The lowest BCUT2D eigenvalue weighted by Crippen LogP contribution is -2.04. The summed E-state index contributed by atoms with van der Waals surface area (Å²) in [5.41, 5.74) is 17.8. The van der Waals surface area contributed by atoms with Gasteiger partial charge in [0.1, 0.15) is 0 Å². The first kappa shape index (κ1) is 42.0. The minimum Gasteiger partial charge on any atom is -0.309 e. The summed E-state index contributed by atoms with van der Waals surface area (Å²) in [6.07, 6.45) is 0. The lowest BCUT2D eigenvalue weighted by molar-refractivity contribution is 1.15. The highest BCUT2D eigenvalue weighted by atomic mass is 15.0. The molecule has 6 nitrogen and oxygen atoms in total. The summed E-state index contributed by atoms with van der Waals surface area (Å²) in [7, 11) is 0. The molecule has 0 aliphatic carbocycles. The third kappa shape index (κ3) is 7.10. The van der Waals surface area contributed by atoms with Crippen molar-refractivity contribution in [3.05, 3.63) is 254 Å². The average Bonchev–Trinajstić information content (AvgIpc) is 3.97. The Hall–Kier alpha value is -10.1. The van der Waals surface area contributed by atoms with Gasteiger partial charge in [0, 0.05) is 49.4 Å². The topological polar surface area (TPSA) is 83.2 Å². The number of fused-ring (bicyclic) bond motifs is 6. The molecule has 0 N–H and O–H groups in total. The van der Waals surface area contributed by atoms with Crippen LogP contribution >= 0.6 is 0 Å². The lowest BCUT2D eigenvalue weighted by Gasteiger charge is -2.21. The van der Waals surface area contributed by atoms with Gasteiger partial charge >= 0.3 is 0 Å². The zero-order chi connectivity index (χ0) is 48.1. The highest BCUT2D eigenvalue weighted by Crippen LogP contribution is 2.46. The van der Waals surface area contributed by atoms with Crippen molar-refractivity contribution < 1.29 is 0 Å². The summed E-state index contributed by atoms with van der Waals surface area (Å²) >= 11 is 0. The quantitative estimate of drug-likeness (QED) is 0.152. The number of nitrogens with zero attached hydrogens (tertiary/aromatic N) is 6. The maximum Gasteiger partial charge on any atom is 0.161 e. The molecule has 0 saturated carbocycles. The fraction of sp³-hybridized carbons (Fsp3) is 0. The highest BCUT2D eigenvalue weighted by molar-refractivity contribution is 6.13. The number of rotatable bonds is 8. The van der Waals surface area contributed by atoms with E-state index in [1.54, 1.807) is 0 Å². The van der Waals surface area contributed by atoms with Crippen LogP contribution in [0.4, 0.5) is 0 Å². The predicted octanol–water partition coefficient (Wildman–Crippen LogP) is 16.4. The van der Waals surface area contributed by atoms with Gasteiger partial charge in [-0.2, -0.15) is 10.5 Å². The summed E-state index contributed by atoms with van der Waals surface area (Å²) in [6, 6.07) is 88.6. The molecule has 0 atom stereocenters. The molecular formula is C66H40N6. The molecule has 0 fully saturated rings. The SMILES string of the molecule is N#Cc1cccc(-c2ccc3c(c2)c2cc(-c4cccc(C#N)c4)ccc2n3-c2cccc(-c3nc(-c4ccccc4)cc(-c4ccccc4)n3)c2-c2ccccc2-n2c3ccccc3c3ccccc32)c1. The van der Waals surface area contributed by atoms with E-state index in [0.717, 1.165) is 106 Å². The normalized spacial score (nSPS) is 11.3. The van der Waals surface area contributed by atoms with Gasteiger partial charge in [0.2, 0.25) is 0 Å². The van der Waals surface area contributed by atoms with Crippen LogP contribution in [0.3, 0.4) is 0 Å². The van der Waals surface area contributed by atoms with Crippen LogP contribution < -0.4 is 0 Å². The van der Waals surface area contributed by atoms with Crippen LogP contribution in [-0.4, -0.2) is 19.1 Å². The van der Waals surface area contributed by atoms with Crippen molar-refractivity contribution in [1.29, 1.82) is 10.5 Å². The van der Waals surface area contributed by atoms with Crippen molar-refractivity contribution in [3.8, 4) is 90.8 Å². The molecule has 0 aliphatic rings. The zero-order valence-electron chi connectivity index (χ0n) is 38.8. The van der Waals surface area contributed by atoms with Crippen LogP contribution in [-0.2, 0) is 0 Å². The smallest absolute Gasteiger partial charge is 0.161 e. The van der Waals surface area contributed by atoms with Gasteiger partial charge in [-0.25, -0.2) is 9.97 Å². The zero-order valence-corrected chi connectivity index (χ0v) is 38.8. The van der Waals surface area contributed by atoms with Crippen molar-refractivity contribution in [1.82, 2.24) is 19.1 Å². The monoisotopic (exact) mass is 916 g/mol. The molecule has 72 heavy (non-hydrogen) atoms. The molecule has 0 bridgehead atoms. The third-order valence-corrected chi connectivity index (χ3v) is 13.8. The van der Waals surface area contributed by atoms with E-state index in [1.165, 1.54) is 10.8 Å². The van der Waals surface area contributed by atoms with E-state index in [9.17, 15) is 10.5 Å². The Bertz CT molecular complexity index is 4130. The minimum atomic E-state index is 0.601. The summed E-state index contributed by atoms with van der Waals surface area (Å²) in [5, 5.41) is 24.2. The first-order valence-corrected chi connectivity index (χ1v) is 23.9. The molecule has 0 aliphatic heterocycles. The largest absolute Gasteiger partial charge is 0.309 e. The number of hydrogen-bond acceptors (Lipinski definition) is 4. The average molecular weight is 917 g/mol. The molecule has 6 heteroatoms. The van der Waals surface area contributed by atoms with E-state index < -0.39 is 0 Å². The van der Waals surface area contributed by atoms with Crippen molar-refractivity contribution >= 4 is 43.6 Å². The Kier molecular flexibility index (Phi) is 10.2. The molecule has 334 valence electrons. The van der Waals surface area contributed by atoms with Crippen LogP contribution in [0.15, 0.2) is 243 Å². The van der Waals surface area contributed by atoms with E-state index in [2.05, 4.69) is 191 Å². The van der Waals surface area contributed by atoms with E-state index in [1.807, 2.05) is 72.8 Å². The summed E-state index contributed by atoms with van der Waals surface area (Å²) in [4.78, 5) is 10.9. The fourth-order valence-electron chi connectivity index (χ4n) is 10.5. The molecule has 0 unspecified atom stereocenters. The second kappa shape index (κ2) is 17.4. The van der Waals surface area contributed by atoms with Gasteiger partial charge in [-0.1, -0.05) is 164 Å². The number of para-hydroxylation sites is 3. The van der Waals surface area contributed by atoms with Crippen LogP contribution in [0.25, 0.3) is 122 Å². The molecule has 13 rings (SSSR count). The maximum atomic E-state index is 9.90.